The van der Waals surface area contributed by atoms with Crippen LogP contribution >= 0.6 is 0 Å². The molecule has 0 aromatic carbocycles. The molecule has 4 aliphatic rings. The van der Waals surface area contributed by atoms with Gasteiger partial charge in [-0.2, -0.15) is 0 Å². The normalized spacial score (nSPS) is 34.1. The highest BCUT2D eigenvalue weighted by molar-refractivity contribution is 5.93. The molecule has 0 saturated heterocycles. The van der Waals surface area contributed by atoms with Crippen LogP contribution in [-0.4, -0.2) is 33.6 Å². The maximum Gasteiger partial charge on any atom is 0.263 e. The Morgan fingerprint density at radius 1 is 1.32 bits per heavy atom. The molecule has 0 radical (unpaired) electrons. The Hall–Kier alpha value is -1.69. The van der Waals surface area contributed by atoms with Gasteiger partial charge in [-0.3, -0.25) is 9.59 Å². The van der Waals surface area contributed by atoms with E-state index in [1.807, 2.05) is 6.92 Å². The summed E-state index contributed by atoms with van der Waals surface area (Å²) in [6.45, 7) is 1.98. The minimum Gasteiger partial charge on any atom is -0.391 e. The number of rotatable bonds is 5. The zero-order valence-electron chi connectivity index (χ0n) is 14.8. The highest BCUT2D eigenvalue weighted by atomic mass is 16.3. The average Bonchev–Trinajstić information content (AvgIpc) is 2.58. The number of carbonyl (C=O) groups excluding carboxylic acids is 1. The highest BCUT2D eigenvalue weighted by Gasteiger charge is 2.52. The maximum absolute atomic E-state index is 12.5. The summed E-state index contributed by atoms with van der Waals surface area (Å²) in [7, 11) is 0. The molecule has 25 heavy (non-hydrogen) atoms. The quantitative estimate of drug-likeness (QED) is 0.757. The topological polar surface area (TPSA) is 95.1 Å². The Labute approximate surface area is 147 Å². The number of aliphatic hydroxyl groups is 1. The van der Waals surface area contributed by atoms with E-state index in [0.29, 0.717) is 6.42 Å². The van der Waals surface area contributed by atoms with Crippen LogP contribution < -0.4 is 10.9 Å². The smallest absolute Gasteiger partial charge is 0.263 e. The van der Waals surface area contributed by atoms with E-state index in [2.05, 4.69) is 15.3 Å². The third kappa shape index (κ3) is 3.01. The Bertz CT molecular complexity index is 692. The van der Waals surface area contributed by atoms with E-state index >= 15 is 0 Å². The van der Waals surface area contributed by atoms with Gasteiger partial charge in [0.2, 0.25) is 0 Å². The van der Waals surface area contributed by atoms with Crippen molar-refractivity contribution in [3.05, 3.63) is 27.9 Å². The summed E-state index contributed by atoms with van der Waals surface area (Å²) in [5.74, 6) is 2.63. The summed E-state index contributed by atoms with van der Waals surface area (Å²) in [5.41, 5.74) is -0.331. The Morgan fingerprint density at radius 3 is 2.44 bits per heavy atom. The molecule has 0 aliphatic heterocycles. The molecule has 5 rings (SSSR count). The second kappa shape index (κ2) is 6.24. The molecule has 1 aromatic rings. The monoisotopic (exact) mass is 345 g/mol. The van der Waals surface area contributed by atoms with Gasteiger partial charge in [-0.1, -0.05) is 6.92 Å². The van der Waals surface area contributed by atoms with Crippen LogP contribution in [-0.2, 0) is 5.41 Å². The van der Waals surface area contributed by atoms with Crippen molar-refractivity contribution in [2.24, 2.45) is 17.8 Å². The third-order valence-electron chi connectivity index (χ3n) is 6.55. The number of nitrogens with one attached hydrogen (secondary N) is 2. The molecule has 6 nitrogen and oxygen atoms in total. The van der Waals surface area contributed by atoms with Gasteiger partial charge in [0.05, 0.1) is 6.10 Å². The Kier molecular flexibility index (Phi) is 4.18. The van der Waals surface area contributed by atoms with Crippen molar-refractivity contribution in [2.45, 2.75) is 63.4 Å². The molecule has 3 N–H and O–H groups in total. The van der Waals surface area contributed by atoms with Crippen LogP contribution in [0.1, 0.15) is 68.1 Å². The maximum atomic E-state index is 12.5. The largest absolute Gasteiger partial charge is 0.391 e. The van der Waals surface area contributed by atoms with Crippen LogP contribution in [0.4, 0.5) is 0 Å². The molecule has 6 heteroatoms. The van der Waals surface area contributed by atoms with Crippen molar-refractivity contribution in [3.8, 4) is 0 Å². The SMILES string of the molecule is CC[C@@H](O)CNC(=O)c1cnc(C23CC4CC(CC(C4)C2)C3)[nH]c1=O. The lowest BCUT2D eigenvalue weighted by Crippen LogP contribution is -2.50. The summed E-state index contributed by atoms with van der Waals surface area (Å²) in [6.07, 6.45) is 8.75. The number of aliphatic hydroxyl groups excluding tert-OH is 1. The van der Waals surface area contributed by atoms with Crippen molar-refractivity contribution in [1.29, 1.82) is 0 Å². The lowest BCUT2D eigenvalue weighted by atomic mass is 9.49. The standard InChI is InChI=1S/C19H27N3O3/c1-2-14(23)9-20-16(24)15-10-21-18(22-17(15)25)19-6-11-3-12(7-19)5-13(4-11)8-19/h10-14,23H,2-9H2,1H3,(H,20,24)(H,21,22,25)/t11?,12?,13?,14-,19?/m1/s1. The Balaban J connectivity index is 1.54. The number of amides is 1. The van der Waals surface area contributed by atoms with Crippen LogP contribution in [0.25, 0.3) is 0 Å². The van der Waals surface area contributed by atoms with E-state index < -0.39 is 12.0 Å². The zero-order valence-corrected chi connectivity index (χ0v) is 14.8. The van der Waals surface area contributed by atoms with Crippen molar-refractivity contribution in [1.82, 2.24) is 15.3 Å². The number of nitrogens with zero attached hydrogens (tertiary/aromatic N) is 1. The van der Waals surface area contributed by atoms with Gasteiger partial charge in [0.1, 0.15) is 11.4 Å². The second-order valence-electron chi connectivity index (χ2n) is 8.44. The molecule has 4 aliphatic carbocycles. The van der Waals surface area contributed by atoms with E-state index in [0.717, 1.165) is 42.8 Å². The Morgan fingerprint density at radius 2 is 1.92 bits per heavy atom. The number of H-pyrrole nitrogens is 1. The fourth-order valence-electron chi connectivity index (χ4n) is 5.68. The molecular weight excluding hydrogens is 318 g/mol. The number of hydrogen-bond acceptors (Lipinski definition) is 4. The average molecular weight is 345 g/mol. The van der Waals surface area contributed by atoms with Crippen molar-refractivity contribution in [3.63, 3.8) is 0 Å². The second-order valence-corrected chi connectivity index (χ2v) is 8.44. The third-order valence-corrected chi connectivity index (χ3v) is 6.55. The fourth-order valence-corrected chi connectivity index (χ4v) is 5.68. The molecular formula is C19H27N3O3. The van der Waals surface area contributed by atoms with Crippen molar-refractivity contribution in [2.75, 3.05) is 6.54 Å². The lowest BCUT2D eigenvalue weighted by molar-refractivity contribution is -0.00953. The van der Waals surface area contributed by atoms with E-state index in [4.69, 9.17) is 0 Å². The minimum atomic E-state index is -0.595. The summed E-state index contributed by atoms with van der Waals surface area (Å²) in [5, 5.41) is 12.1. The molecule has 1 amide bonds. The van der Waals surface area contributed by atoms with Gasteiger partial charge in [0.25, 0.3) is 11.5 Å². The van der Waals surface area contributed by atoms with Gasteiger partial charge in [-0.25, -0.2) is 4.98 Å². The fraction of sp³-hybridized carbons (Fsp3) is 0.737. The summed E-state index contributed by atoms with van der Waals surface area (Å²) < 4.78 is 0. The van der Waals surface area contributed by atoms with E-state index in [-0.39, 0.29) is 23.1 Å². The number of aromatic nitrogens is 2. The van der Waals surface area contributed by atoms with Crippen LogP contribution in [0.2, 0.25) is 0 Å². The first kappa shape index (κ1) is 16.8. The van der Waals surface area contributed by atoms with Gasteiger partial charge in [-0.15, -0.1) is 0 Å². The lowest BCUT2D eigenvalue weighted by Gasteiger charge is -2.56. The highest BCUT2D eigenvalue weighted by Crippen LogP contribution is 2.59. The van der Waals surface area contributed by atoms with E-state index in [1.54, 1.807) is 0 Å². The van der Waals surface area contributed by atoms with Gasteiger partial charge in [0, 0.05) is 18.2 Å². The van der Waals surface area contributed by atoms with Crippen LogP contribution in [0.5, 0.6) is 0 Å². The van der Waals surface area contributed by atoms with Gasteiger partial charge < -0.3 is 15.4 Å². The van der Waals surface area contributed by atoms with Crippen LogP contribution in [0, 0.1) is 17.8 Å². The molecule has 4 bridgehead atoms. The first-order valence-corrected chi connectivity index (χ1v) is 9.55. The first-order chi connectivity index (χ1) is 12.0. The molecule has 1 aromatic heterocycles. The predicted molar refractivity (Wildman–Crippen MR) is 93.3 cm³/mol. The number of aromatic amines is 1. The molecule has 0 unspecified atom stereocenters. The van der Waals surface area contributed by atoms with Gasteiger partial charge in [-0.05, 0) is 62.7 Å². The zero-order chi connectivity index (χ0) is 17.6. The minimum absolute atomic E-state index is 0.0152. The molecule has 0 spiro atoms. The summed E-state index contributed by atoms with van der Waals surface area (Å²) >= 11 is 0. The van der Waals surface area contributed by atoms with E-state index in [9.17, 15) is 14.7 Å². The molecule has 1 heterocycles. The molecule has 136 valence electrons. The van der Waals surface area contributed by atoms with Crippen LogP contribution in [0.15, 0.2) is 11.0 Å². The van der Waals surface area contributed by atoms with Crippen molar-refractivity contribution >= 4 is 5.91 Å². The van der Waals surface area contributed by atoms with Gasteiger partial charge >= 0.3 is 0 Å². The first-order valence-electron chi connectivity index (χ1n) is 9.55. The summed E-state index contributed by atoms with van der Waals surface area (Å²) in [6, 6.07) is 0. The summed E-state index contributed by atoms with van der Waals surface area (Å²) in [4.78, 5) is 32.1. The predicted octanol–water partition coefficient (Wildman–Crippen LogP) is 1.74. The van der Waals surface area contributed by atoms with E-state index in [1.165, 1.54) is 25.5 Å². The van der Waals surface area contributed by atoms with Crippen LogP contribution in [0.3, 0.4) is 0 Å². The molecule has 4 fully saturated rings. The number of hydrogen-bond donors (Lipinski definition) is 3. The van der Waals surface area contributed by atoms with Gasteiger partial charge in [0.15, 0.2) is 0 Å². The number of carbonyl (C=O) groups is 1. The van der Waals surface area contributed by atoms with Crippen molar-refractivity contribution < 1.29 is 9.90 Å². The molecule has 1 atom stereocenters. The molecule has 4 saturated carbocycles.